The highest BCUT2D eigenvalue weighted by molar-refractivity contribution is 7.18. The largest absolute Gasteiger partial charge is 0.372 e. The average molecular weight is 422 g/mol. The predicted octanol–water partition coefficient (Wildman–Crippen LogP) is 3.65. The van der Waals surface area contributed by atoms with Gasteiger partial charge in [0.05, 0.1) is 16.8 Å². The topological polar surface area (TPSA) is 49.7 Å². The smallest absolute Gasteiger partial charge is 0.279 e. The van der Waals surface area contributed by atoms with Crippen LogP contribution in [0.25, 0.3) is 10.2 Å². The van der Waals surface area contributed by atoms with Crippen molar-refractivity contribution in [2.24, 2.45) is 0 Å². The first-order valence-corrected chi connectivity index (χ1v) is 11.9. The Labute approximate surface area is 181 Å². The van der Waals surface area contributed by atoms with Gasteiger partial charge in [0.2, 0.25) is 0 Å². The predicted molar refractivity (Wildman–Crippen MR) is 123 cm³/mol. The second-order valence-corrected chi connectivity index (χ2v) is 9.50. The van der Waals surface area contributed by atoms with Crippen LogP contribution in [0.15, 0.2) is 48.5 Å². The van der Waals surface area contributed by atoms with E-state index in [2.05, 4.69) is 40.5 Å². The van der Waals surface area contributed by atoms with E-state index < -0.39 is 0 Å². The highest BCUT2D eigenvalue weighted by Crippen LogP contribution is 2.28. The molecule has 2 aromatic carbocycles. The number of carbonyl (C=O) groups excluding carboxylic acids is 1. The Morgan fingerprint density at radius 2 is 1.87 bits per heavy atom. The molecule has 5 nitrogen and oxygen atoms in total. The van der Waals surface area contributed by atoms with E-state index in [-0.39, 0.29) is 5.91 Å². The standard InChI is InChI=1S/C24H28N4OS/c29-23(25-18-10-12-19(13-11-18)27-14-5-6-15-27)17-28-16-4-3-8-21(28)24-26-20-7-1-2-9-22(20)30-24/h1-2,7,9-13,21H,3-6,8,14-17H2,(H,25,29)/p+1/t21-/m1/s1. The molecule has 2 N–H and O–H groups in total. The van der Waals surface area contributed by atoms with Crippen LogP contribution in [0.5, 0.6) is 0 Å². The number of thiazole rings is 1. The van der Waals surface area contributed by atoms with Crippen molar-refractivity contribution in [3.8, 4) is 0 Å². The van der Waals surface area contributed by atoms with E-state index in [0.717, 1.165) is 37.3 Å². The van der Waals surface area contributed by atoms with Crippen LogP contribution < -0.4 is 15.1 Å². The maximum atomic E-state index is 12.8. The van der Waals surface area contributed by atoms with Gasteiger partial charge in [0.15, 0.2) is 11.6 Å². The lowest BCUT2D eigenvalue weighted by Gasteiger charge is -2.30. The van der Waals surface area contributed by atoms with Crippen LogP contribution in [-0.4, -0.2) is 37.1 Å². The van der Waals surface area contributed by atoms with Crippen molar-refractivity contribution in [1.82, 2.24) is 4.98 Å². The third kappa shape index (κ3) is 4.20. The third-order valence-electron chi connectivity index (χ3n) is 6.35. The number of benzene rings is 2. The number of carbonyl (C=O) groups is 1. The van der Waals surface area contributed by atoms with E-state index in [1.807, 2.05) is 18.2 Å². The summed E-state index contributed by atoms with van der Waals surface area (Å²) in [4.78, 5) is 21.4. The Bertz CT molecular complexity index is 976. The Hall–Kier alpha value is -2.44. The number of piperidine rings is 1. The molecule has 0 spiro atoms. The van der Waals surface area contributed by atoms with Crippen molar-refractivity contribution in [3.63, 3.8) is 0 Å². The molecular formula is C24H29N4OS+. The van der Waals surface area contributed by atoms with E-state index >= 15 is 0 Å². The molecule has 3 heterocycles. The molecule has 2 saturated heterocycles. The number of nitrogens with zero attached hydrogens (tertiary/aromatic N) is 2. The van der Waals surface area contributed by atoms with Gasteiger partial charge in [-0.05, 0) is 62.1 Å². The molecule has 156 valence electrons. The lowest BCUT2D eigenvalue weighted by atomic mass is 10.0. The molecule has 30 heavy (non-hydrogen) atoms. The van der Waals surface area contributed by atoms with E-state index in [0.29, 0.717) is 12.6 Å². The zero-order valence-electron chi connectivity index (χ0n) is 17.3. The average Bonchev–Trinajstić information content (AvgIpc) is 3.45. The molecule has 1 amide bonds. The number of para-hydroxylation sites is 1. The van der Waals surface area contributed by atoms with Crippen molar-refractivity contribution in [2.45, 2.75) is 38.1 Å². The molecular weight excluding hydrogens is 392 g/mol. The summed E-state index contributed by atoms with van der Waals surface area (Å²) in [6.45, 7) is 3.80. The van der Waals surface area contributed by atoms with Gasteiger partial charge >= 0.3 is 0 Å². The van der Waals surface area contributed by atoms with Gasteiger partial charge in [0, 0.05) is 30.9 Å². The van der Waals surface area contributed by atoms with Gasteiger partial charge in [0.25, 0.3) is 5.91 Å². The number of likely N-dealkylation sites (tertiary alicyclic amines) is 1. The van der Waals surface area contributed by atoms with Gasteiger partial charge in [-0.1, -0.05) is 12.1 Å². The molecule has 2 fully saturated rings. The Kier molecular flexibility index (Phi) is 5.69. The van der Waals surface area contributed by atoms with Crippen molar-refractivity contribution in [3.05, 3.63) is 53.5 Å². The van der Waals surface area contributed by atoms with E-state index in [1.165, 1.54) is 46.0 Å². The molecule has 0 aliphatic carbocycles. The first-order valence-electron chi connectivity index (χ1n) is 11.1. The molecule has 0 radical (unpaired) electrons. The monoisotopic (exact) mass is 421 g/mol. The van der Waals surface area contributed by atoms with Crippen LogP contribution in [0.3, 0.4) is 0 Å². The van der Waals surface area contributed by atoms with Gasteiger partial charge < -0.3 is 15.1 Å². The third-order valence-corrected chi connectivity index (χ3v) is 7.50. The van der Waals surface area contributed by atoms with Crippen molar-refractivity contribution >= 4 is 38.8 Å². The Balaban J connectivity index is 1.24. The number of hydrogen-bond acceptors (Lipinski definition) is 4. The van der Waals surface area contributed by atoms with Crippen LogP contribution in [-0.2, 0) is 4.79 Å². The van der Waals surface area contributed by atoms with Gasteiger partial charge in [0.1, 0.15) is 6.04 Å². The molecule has 0 saturated carbocycles. The number of hydrogen-bond donors (Lipinski definition) is 2. The number of anilines is 2. The number of fused-ring (bicyclic) bond motifs is 1. The number of quaternary nitrogens is 1. The zero-order valence-corrected chi connectivity index (χ0v) is 18.1. The first-order chi connectivity index (χ1) is 14.8. The Morgan fingerprint density at radius 3 is 2.67 bits per heavy atom. The van der Waals surface area contributed by atoms with Crippen molar-refractivity contribution in [2.75, 3.05) is 36.4 Å². The molecule has 2 atom stereocenters. The summed E-state index contributed by atoms with van der Waals surface area (Å²) < 4.78 is 1.24. The van der Waals surface area contributed by atoms with Crippen LogP contribution >= 0.6 is 11.3 Å². The molecule has 1 unspecified atom stereocenters. The Morgan fingerprint density at radius 1 is 1.07 bits per heavy atom. The molecule has 5 rings (SSSR count). The fourth-order valence-electron chi connectivity index (χ4n) is 4.77. The molecule has 1 aromatic heterocycles. The maximum Gasteiger partial charge on any atom is 0.279 e. The summed E-state index contributed by atoms with van der Waals surface area (Å²) in [5, 5.41) is 4.29. The molecule has 2 aliphatic heterocycles. The second kappa shape index (κ2) is 8.74. The van der Waals surface area contributed by atoms with Gasteiger partial charge in [-0.15, -0.1) is 11.3 Å². The summed E-state index contributed by atoms with van der Waals surface area (Å²) in [6, 6.07) is 17.0. The van der Waals surface area contributed by atoms with Gasteiger partial charge in [-0.3, -0.25) is 4.79 Å². The fraction of sp³-hybridized carbons (Fsp3) is 0.417. The second-order valence-electron chi connectivity index (χ2n) is 8.44. The molecule has 2 aliphatic rings. The summed E-state index contributed by atoms with van der Waals surface area (Å²) in [5.74, 6) is 0.0898. The molecule has 0 bridgehead atoms. The first kappa shape index (κ1) is 19.5. The fourth-order valence-corrected chi connectivity index (χ4v) is 5.93. The van der Waals surface area contributed by atoms with Crippen LogP contribution in [0.4, 0.5) is 11.4 Å². The minimum Gasteiger partial charge on any atom is -0.372 e. The zero-order chi connectivity index (χ0) is 20.3. The lowest BCUT2D eigenvalue weighted by molar-refractivity contribution is -0.929. The SMILES string of the molecule is O=C(C[NH+]1CCCC[C@@H]1c1nc2ccccc2s1)Nc1ccc(N2CCCC2)cc1. The number of nitrogens with one attached hydrogen (secondary N) is 2. The molecule has 6 heteroatoms. The minimum atomic E-state index is 0.0898. The van der Waals surface area contributed by atoms with Crippen molar-refractivity contribution in [1.29, 1.82) is 0 Å². The van der Waals surface area contributed by atoms with Gasteiger partial charge in [-0.2, -0.15) is 0 Å². The van der Waals surface area contributed by atoms with E-state index in [1.54, 1.807) is 11.3 Å². The minimum absolute atomic E-state index is 0.0898. The van der Waals surface area contributed by atoms with Crippen LogP contribution in [0.1, 0.15) is 43.2 Å². The van der Waals surface area contributed by atoms with E-state index in [9.17, 15) is 4.79 Å². The summed E-state index contributed by atoms with van der Waals surface area (Å²) in [7, 11) is 0. The molecule has 3 aromatic rings. The normalized spacial score (nSPS) is 21.8. The lowest BCUT2D eigenvalue weighted by Crippen LogP contribution is -3.14. The van der Waals surface area contributed by atoms with E-state index in [4.69, 9.17) is 4.98 Å². The van der Waals surface area contributed by atoms with Crippen molar-refractivity contribution < 1.29 is 9.69 Å². The summed E-state index contributed by atoms with van der Waals surface area (Å²) in [6.07, 6.45) is 6.03. The highest BCUT2D eigenvalue weighted by Gasteiger charge is 2.31. The van der Waals surface area contributed by atoms with Crippen LogP contribution in [0, 0.1) is 0 Å². The number of rotatable bonds is 5. The quantitative estimate of drug-likeness (QED) is 0.661. The summed E-state index contributed by atoms with van der Waals surface area (Å²) in [5.41, 5.74) is 3.21. The van der Waals surface area contributed by atoms with Crippen LogP contribution in [0.2, 0.25) is 0 Å². The van der Waals surface area contributed by atoms with Gasteiger partial charge in [-0.25, -0.2) is 4.98 Å². The maximum absolute atomic E-state index is 12.8. The number of amides is 1. The highest BCUT2D eigenvalue weighted by atomic mass is 32.1. The summed E-state index contributed by atoms with van der Waals surface area (Å²) >= 11 is 1.78. The number of aromatic nitrogens is 1.